The molecule has 3 N–H and O–H groups in total. The van der Waals surface area contributed by atoms with E-state index in [0.717, 1.165) is 10.2 Å². The average Bonchev–Trinajstić information content (AvgIpc) is 2.33. The lowest BCUT2D eigenvalue weighted by Crippen LogP contribution is -2.07. The third-order valence-corrected chi connectivity index (χ3v) is 3.71. The summed E-state index contributed by atoms with van der Waals surface area (Å²) in [4.78, 5) is 0. The first-order chi connectivity index (χ1) is 8.97. The molecule has 3 nitrogen and oxygen atoms in total. The van der Waals surface area contributed by atoms with Gasteiger partial charge in [0.25, 0.3) is 0 Å². The quantitative estimate of drug-likeness (QED) is 0.758. The molecule has 0 fully saturated rings. The second kappa shape index (κ2) is 5.72. The fraction of sp³-hybridized carbons (Fsp3) is 0.143. The minimum atomic E-state index is -0.129. The van der Waals surface area contributed by atoms with Crippen LogP contribution in [0.15, 0.2) is 40.9 Å². The number of halogens is 2. The zero-order valence-electron chi connectivity index (χ0n) is 10.2. The number of phenols is 2. The molecular formula is C14H13BrClNO2. The highest BCUT2D eigenvalue weighted by Crippen LogP contribution is 2.33. The predicted octanol–water partition coefficient (Wildman–Crippen LogP) is 4.69. The van der Waals surface area contributed by atoms with Crippen molar-refractivity contribution in [1.29, 1.82) is 0 Å². The SMILES string of the molecule is CC(Nc1cc(Cl)ccc1Br)c1ccc(O)cc1O. The predicted molar refractivity (Wildman–Crippen MR) is 81.0 cm³/mol. The first kappa shape index (κ1) is 14.0. The Morgan fingerprint density at radius 2 is 1.89 bits per heavy atom. The fourth-order valence-electron chi connectivity index (χ4n) is 1.82. The third-order valence-electron chi connectivity index (χ3n) is 2.78. The third kappa shape index (κ3) is 3.33. The van der Waals surface area contributed by atoms with Gasteiger partial charge in [0.15, 0.2) is 0 Å². The number of aromatic hydroxyl groups is 2. The molecule has 0 aliphatic rings. The van der Waals surface area contributed by atoms with Crippen LogP contribution in [0.4, 0.5) is 5.69 Å². The average molecular weight is 343 g/mol. The lowest BCUT2D eigenvalue weighted by Gasteiger charge is -2.18. The molecule has 0 aromatic heterocycles. The molecule has 0 saturated carbocycles. The van der Waals surface area contributed by atoms with Crippen LogP contribution in [0.3, 0.4) is 0 Å². The molecule has 19 heavy (non-hydrogen) atoms. The van der Waals surface area contributed by atoms with Gasteiger partial charge in [-0.05, 0) is 53.2 Å². The van der Waals surface area contributed by atoms with Gasteiger partial charge in [0.05, 0.1) is 11.7 Å². The lowest BCUT2D eigenvalue weighted by atomic mass is 10.1. The van der Waals surface area contributed by atoms with Gasteiger partial charge in [-0.3, -0.25) is 0 Å². The number of anilines is 1. The van der Waals surface area contributed by atoms with Crippen LogP contribution in [0.1, 0.15) is 18.5 Å². The summed E-state index contributed by atoms with van der Waals surface area (Å²) in [6, 6.07) is 9.87. The Hall–Kier alpha value is -1.39. The first-order valence-corrected chi connectivity index (χ1v) is 6.88. The van der Waals surface area contributed by atoms with Crippen molar-refractivity contribution in [3.8, 4) is 11.5 Å². The largest absolute Gasteiger partial charge is 0.508 e. The van der Waals surface area contributed by atoms with E-state index in [1.807, 2.05) is 13.0 Å². The smallest absolute Gasteiger partial charge is 0.124 e. The molecule has 0 heterocycles. The molecule has 5 heteroatoms. The summed E-state index contributed by atoms with van der Waals surface area (Å²) in [5, 5.41) is 23.0. The Bertz CT molecular complexity index is 604. The molecular weight excluding hydrogens is 330 g/mol. The summed E-state index contributed by atoms with van der Waals surface area (Å²) in [5.41, 5.74) is 1.54. The van der Waals surface area contributed by atoms with Gasteiger partial charge in [0, 0.05) is 21.1 Å². The number of nitrogens with one attached hydrogen (secondary N) is 1. The Labute approximate surface area is 125 Å². The van der Waals surface area contributed by atoms with Crippen LogP contribution in [-0.4, -0.2) is 10.2 Å². The van der Waals surface area contributed by atoms with Crippen LogP contribution in [0.5, 0.6) is 11.5 Å². The Kier molecular flexibility index (Phi) is 4.22. The van der Waals surface area contributed by atoms with Crippen molar-refractivity contribution in [1.82, 2.24) is 0 Å². The summed E-state index contributed by atoms with van der Waals surface area (Å²) < 4.78 is 0.891. The van der Waals surface area contributed by atoms with Gasteiger partial charge in [0.1, 0.15) is 11.5 Å². The first-order valence-electron chi connectivity index (χ1n) is 5.71. The summed E-state index contributed by atoms with van der Waals surface area (Å²) in [5.74, 6) is 0.0931. The van der Waals surface area contributed by atoms with Gasteiger partial charge >= 0.3 is 0 Å². The summed E-state index contributed by atoms with van der Waals surface area (Å²) in [6.45, 7) is 1.92. The van der Waals surface area contributed by atoms with E-state index in [2.05, 4.69) is 21.2 Å². The van der Waals surface area contributed by atoms with Crippen molar-refractivity contribution >= 4 is 33.2 Å². The highest BCUT2D eigenvalue weighted by Gasteiger charge is 2.12. The normalized spacial score (nSPS) is 12.2. The zero-order valence-corrected chi connectivity index (χ0v) is 12.5. The van der Waals surface area contributed by atoms with E-state index in [4.69, 9.17) is 11.6 Å². The summed E-state index contributed by atoms with van der Waals surface area (Å²) in [6.07, 6.45) is 0. The van der Waals surface area contributed by atoms with Crippen molar-refractivity contribution in [3.63, 3.8) is 0 Å². The molecule has 2 aromatic rings. The van der Waals surface area contributed by atoms with Gasteiger partial charge in [-0.25, -0.2) is 0 Å². The van der Waals surface area contributed by atoms with E-state index in [-0.39, 0.29) is 17.5 Å². The molecule has 0 saturated heterocycles. The fourth-order valence-corrected chi connectivity index (χ4v) is 2.35. The van der Waals surface area contributed by atoms with Gasteiger partial charge in [0.2, 0.25) is 0 Å². The maximum Gasteiger partial charge on any atom is 0.124 e. The molecule has 0 radical (unpaired) electrons. The summed E-state index contributed by atoms with van der Waals surface area (Å²) in [7, 11) is 0. The number of benzene rings is 2. The highest BCUT2D eigenvalue weighted by molar-refractivity contribution is 9.10. The second-order valence-corrected chi connectivity index (χ2v) is 5.52. The molecule has 0 aliphatic carbocycles. The van der Waals surface area contributed by atoms with Crippen molar-refractivity contribution < 1.29 is 10.2 Å². The van der Waals surface area contributed by atoms with E-state index in [1.54, 1.807) is 24.3 Å². The molecule has 0 aliphatic heterocycles. The van der Waals surface area contributed by atoms with Crippen LogP contribution in [-0.2, 0) is 0 Å². The van der Waals surface area contributed by atoms with Crippen molar-refractivity contribution in [2.45, 2.75) is 13.0 Å². The molecule has 0 bridgehead atoms. The number of phenolic OH excluding ortho intramolecular Hbond substituents is 2. The second-order valence-electron chi connectivity index (χ2n) is 4.23. The van der Waals surface area contributed by atoms with E-state index in [1.165, 1.54) is 6.07 Å². The molecule has 100 valence electrons. The molecule has 0 spiro atoms. The molecule has 1 atom stereocenters. The van der Waals surface area contributed by atoms with Gasteiger partial charge < -0.3 is 15.5 Å². The van der Waals surface area contributed by atoms with E-state index in [0.29, 0.717) is 10.6 Å². The number of hydrogen-bond acceptors (Lipinski definition) is 3. The monoisotopic (exact) mass is 341 g/mol. The van der Waals surface area contributed by atoms with Crippen molar-refractivity contribution in [2.24, 2.45) is 0 Å². The minimum absolute atomic E-state index is 0.0392. The van der Waals surface area contributed by atoms with E-state index in [9.17, 15) is 10.2 Å². The van der Waals surface area contributed by atoms with Gasteiger partial charge in [-0.2, -0.15) is 0 Å². The highest BCUT2D eigenvalue weighted by atomic mass is 79.9. The number of hydrogen-bond donors (Lipinski definition) is 3. The van der Waals surface area contributed by atoms with Crippen LogP contribution < -0.4 is 5.32 Å². The summed E-state index contributed by atoms with van der Waals surface area (Å²) >= 11 is 9.39. The van der Waals surface area contributed by atoms with Gasteiger partial charge in [-0.15, -0.1) is 0 Å². The van der Waals surface area contributed by atoms with Crippen molar-refractivity contribution in [3.05, 3.63) is 51.5 Å². The Morgan fingerprint density at radius 3 is 2.58 bits per heavy atom. The van der Waals surface area contributed by atoms with E-state index >= 15 is 0 Å². The molecule has 2 rings (SSSR count). The maximum atomic E-state index is 9.83. The van der Waals surface area contributed by atoms with Crippen molar-refractivity contribution in [2.75, 3.05) is 5.32 Å². The maximum absolute atomic E-state index is 9.83. The topological polar surface area (TPSA) is 52.5 Å². The van der Waals surface area contributed by atoms with Crippen LogP contribution >= 0.6 is 27.5 Å². The molecule has 2 aromatic carbocycles. The van der Waals surface area contributed by atoms with Crippen LogP contribution in [0.2, 0.25) is 5.02 Å². The lowest BCUT2D eigenvalue weighted by molar-refractivity contribution is 0.444. The number of rotatable bonds is 3. The van der Waals surface area contributed by atoms with E-state index < -0.39 is 0 Å². The Balaban J connectivity index is 2.25. The molecule has 1 unspecified atom stereocenters. The van der Waals surface area contributed by atoms with Crippen LogP contribution in [0.25, 0.3) is 0 Å². The molecule has 0 amide bonds. The minimum Gasteiger partial charge on any atom is -0.508 e. The van der Waals surface area contributed by atoms with Crippen LogP contribution in [0, 0.1) is 0 Å². The standard InChI is InChI=1S/C14H13BrClNO2/c1-8(11-4-3-10(18)7-14(11)19)17-13-6-9(16)2-5-12(13)15/h2-8,17-19H,1H3. The van der Waals surface area contributed by atoms with Gasteiger partial charge in [-0.1, -0.05) is 11.6 Å². The Morgan fingerprint density at radius 1 is 1.16 bits per heavy atom. The zero-order chi connectivity index (χ0) is 14.0.